The van der Waals surface area contributed by atoms with Crippen LogP contribution in [0.15, 0.2) is 30.3 Å². The Morgan fingerprint density at radius 3 is 2.63 bits per heavy atom. The zero-order chi connectivity index (χ0) is 19.4. The summed E-state index contributed by atoms with van der Waals surface area (Å²) >= 11 is 12.5. The standard InChI is InChI=1S/C20H22Cl2N2O3/c1-3-27-18-7-6-17(13(2)23-18)24-19(25)20(8-10-26-11-9-20)15-5-4-14(21)12-16(15)22/h4-7,12H,3,8-11H2,1-2H3,(H,24,25). The van der Waals surface area contributed by atoms with Crippen LogP contribution in [-0.2, 0) is 14.9 Å². The molecule has 1 saturated heterocycles. The number of anilines is 1. The molecule has 0 saturated carbocycles. The number of pyridine rings is 1. The van der Waals surface area contributed by atoms with Crippen LogP contribution in [0.4, 0.5) is 5.69 Å². The van der Waals surface area contributed by atoms with Gasteiger partial charge in [-0.3, -0.25) is 4.79 Å². The van der Waals surface area contributed by atoms with Crippen LogP contribution >= 0.6 is 23.2 Å². The number of rotatable bonds is 5. The third-order valence-corrected chi connectivity index (χ3v) is 5.38. The summed E-state index contributed by atoms with van der Waals surface area (Å²) < 4.78 is 10.9. The zero-order valence-corrected chi connectivity index (χ0v) is 16.9. The van der Waals surface area contributed by atoms with Crippen molar-refractivity contribution in [2.24, 2.45) is 0 Å². The topological polar surface area (TPSA) is 60.5 Å². The molecule has 1 aliphatic heterocycles. The van der Waals surface area contributed by atoms with Crippen LogP contribution in [0.25, 0.3) is 0 Å². The normalized spacial score (nSPS) is 16.0. The Bertz CT molecular complexity index is 836. The van der Waals surface area contributed by atoms with Crippen molar-refractivity contribution >= 4 is 34.8 Å². The van der Waals surface area contributed by atoms with E-state index in [1.165, 1.54) is 0 Å². The smallest absolute Gasteiger partial charge is 0.235 e. The maximum absolute atomic E-state index is 13.4. The number of aryl methyl sites for hydroxylation is 1. The van der Waals surface area contributed by atoms with Gasteiger partial charge in [-0.25, -0.2) is 4.98 Å². The highest BCUT2D eigenvalue weighted by Crippen LogP contribution is 2.40. The van der Waals surface area contributed by atoms with Gasteiger partial charge in [0.05, 0.1) is 23.4 Å². The number of aromatic nitrogens is 1. The number of carbonyl (C=O) groups is 1. The quantitative estimate of drug-likeness (QED) is 0.772. The first-order chi connectivity index (χ1) is 13.0. The predicted molar refractivity (Wildman–Crippen MR) is 107 cm³/mol. The van der Waals surface area contributed by atoms with E-state index in [4.69, 9.17) is 32.7 Å². The lowest BCUT2D eigenvalue weighted by molar-refractivity contribution is -0.125. The van der Waals surface area contributed by atoms with Gasteiger partial charge < -0.3 is 14.8 Å². The van der Waals surface area contributed by atoms with Gasteiger partial charge in [-0.15, -0.1) is 0 Å². The highest BCUT2D eigenvalue weighted by atomic mass is 35.5. The van der Waals surface area contributed by atoms with E-state index in [2.05, 4.69) is 10.3 Å². The van der Waals surface area contributed by atoms with Gasteiger partial charge >= 0.3 is 0 Å². The monoisotopic (exact) mass is 408 g/mol. The molecular formula is C20H22Cl2N2O3. The fraction of sp³-hybridized carbons (Fsp3) is 0.400. The summed E-state index contributed by atoms with van der Waals surface area (Å²) in [4.78, 5) is 17.8. The fourth-order valence-electron chi connectivity index (χ4n) is 3.36. The van der Waals surface area contributed by atoms with Gasteiger partial charge in [0.2, 0.25) is 11.8 Å². The molecule has 1 amide bonds. The van der Waals surface area contributed by atoms with Crippen LogP contribution in [0.2, 0.25) is 10.0 Å². The molecule has 7 heteroatoms. The van der Waals surface area contributed by atoms with Crippen LogP contribution < -0.4 is 10.1 Å². The zero-order valence-electron chi connectivity index (χ0n) is 15.4. The molecule has 5 nitrogen and oxygen atoms in total. The van der Waals surface area contributed by atoms with Crippen molar-refractivity contribution in [1.29, 1.82) is 0 Å². The van der Waals surface area contributed by atoms with Crippen LogP contribution in [0.5, 0.6) is 5.88 Å². The maximum atomic E-state index is 13.4. The number of nitrogens with one attached hydrogen (secondary N) is 1. The summed E-state index contributed by atoms with van der Waals surface area (Å²) in [6.07, 6.45) is 1.09. The summed E-state index contributed by atoms with van der Waals surface area (Å²) in [6.45, 7) is 5.26. The largest absolute Gasteiger partial charge is 0.478 e. The summed E-state index contributed by atoms with van der Waals surface area (Å²) in [7, 11) is 0. The molecule has 27 heavy (non-hydrogen) atoms. The molecular weight excluding hydrogens is 387 g/mol. The van der Waals surface area contributed by atoms with E-state index >= 15 is 0 Å². The number of benzene rings is 1. The van der Waals surface area contributed by atoms with Crippen molar-refractivity contribution in [1.82, 2.24) is 4.98 Å². The lowest BCUT2D eigenvalue weighted by Gasteiger charge is -2.37. The Hall–Kier alpha value is -1.82. The number of nitrogens with zero attached hydrogens (tertiary/aromatic N) is 1. The van der Waals surface area contributed by atoms with E-state index in [-0.39, 0.29) is 5.91 Å². The summed E-state index contributed by atoms with van der Waals surface area (Å²) in [5.41, 5.74) is 1.34. The summed E-state index contributed by atoms with van der Waals surface area (Å²) in [5, 5.41) is 4.05. The number of halogens is 2. The van der Waals surface area contributed by atoms with Crippen LogP contribution in [0.1, 0.15) is 31.0 Å². The van der Waals surface area contributed by atoms with Crippen molar-refractivity contribution in [3.63, 3.8) is 0 Å². The lowest BCUT2D eigenvalue weighted by atomic mass is 9.73. The highest BCUT2D eigenvalue weighted by molar-refractivity contribution is 6.35. The molecule has 0 radical (unpaired) electrons. The summed E-state index contributed by atoms with van der Waals surface area (Å²) in [6, 6.07) is 8.82. The second kappa shape index (κ2) is 8.46. The third-order valence-electron chi connectivity index (χ3n) is 4.83. The SMILES string of the molecule is CCOc1ccc(NC(=O)C2(c3ccc(Cl)cc3Cl)CCOCC2)c(C)n1. The Kier molecular flexibility index (Phi) is 6.25. The van der Waals surface area contributed by atoms with Gasteiger partial charge in [0.1, 0.15) is 0 Å². The first kappa shape index (κ1) is 19.9. The van der Waals surface area contributed by atoms with Crippen molar-refractivity contribution < 1.29 is 14.3 Å². The number of amides is 1. The van der Waals surface area contributed by atoms with E-state index in [9.17, 15) is 4.79 Å². The van der Waals surface area contributed by atoms with Crippen molar-refractivity contribution in [3.05, 3.63) is 51.6 Å². The number of ether oxygens (including phenoxy) is 2. The molecule has 1 N–H and O–H groups in total. The van der Waals surface area contributed by atoms with E-state index in [1.54, 1.807) is 18.2 Å². The lowest BCUT2D eigenvalue weighted by Crippen LogP contribution is -2.45. The van der Waals surface area contributed by atoms with Gasteiger partial charge in [-0.1, -0.05) is 29.3 Å². The molecule has 1 aliphatic rings. The minimum atomic E-state index is -0.773. The Morgan fingerprint density at radius 2 is 2.00 bits per heavy atom. The Balaban J connectivity index is 1.93. The van der Waals surface area contributed by atoms with E-state index in [0.717, 1.165) is 5.56 Å². The van der Waals surface area contributed by atoms with Crippen molar-refractivity contribution in [2.45, 2.75) is 32.1 Å². The van der Waals surface area contributed by atoms with E-state index < -0.39 is 5.41 Å². The molecule has 0 spiro atoms. The molecule has 0 atom stereocenters. The number of hydrogen-bond acceptors (Lipinski definition) is 4. The van der Waals surface area contributed by atoms with Crippen LogP contribution in [0, 0.1) is 6.92 Å². The van der Waals surface area contributed by atoms with Gasteiger partial charge in [-0.05, 0) is 50.5 Å². The molecule has 1 fully saturated rings. The second-order valence-corrected chi connectivity index (χ2v) is 7.33. The van der Waals surface area contributed by atoms with Gasteiger partial charge in [0.25, 0.3) is 0 Å². The molecule has 2 heterocycles. The van der Waals surface area contributed by atoms with Crippen molar-refractivity contribution in [3.8, 4) is 5.88 Å². The van der Waals surface area contributed by atoms with Crippen LogP contribution in [-0.4, -0.2) is 30.7 Å². The van der Waals surface area contributed by atoms with Crippen molar-refractivity contribution in [2.75, 3.05) is 25.1 Å². The van der Waals surface area contributed by atoms with Gasteiger partial charge in [0, 0.05) is 29.3 Å². The average Bonchev–Trinajstić information content (AvgIpc) is 2.64. The molecule has 0 bridgehead atoms. The average molecular weight is 409 g/mol. The first-order valence-corrected chi connectivity index (χ1v) is 9.67. The van der Waals surface area contributed by atoms with E-state index in [1.807, 2.05) is 26.0 Å². The van der Waals surface area contributed by atoms with Gasteiger partial charge in [-0.2, -0.15) is 0 Å². The maximum Gasteiger partial charge on any atom is 0.235 e. The third kappa shape index (κ3) is 4.21. The summed E-state index contributed by atoms with van der Waals surface area (Å²) in [5.74, 6) is 0.415. The molecule has 2 aromatic rings. The molecule has 144 valence electrons. The predicted octanol–water partition coefficient (Wildman–Crippen LogP) is 4.78. The molecule has 3 rings (SSSR count). The minimum absolute atomic E-state index is 0.121. The molecule has 1 aromatic heterocycles. The molecule has 0 unspecified atom stereocenters. The minimum Gasteiger partial charge on any atom is -0.478 e. The van der Waals surface area contributed by atoms with Gasteiger partial charge in [0.15, 0.2) is 0 Å². The second-order valence-electron chi connectivity index (χ2n) is 6.49. The Morgan fingerprint density at radius 1 is 1.26 bits per heavy atom. The highest BCUT2D eigenvalue weighted by Gasteiger charge is 2.43. The number of carbonyl (C=O) groups excluding carboxylic acids is 1. The molecule has 0 aliphatic carbocycles. The fourth-order valence-corrected chi connectivity index (χ4v) is 3.95. The molecule has 1 aromatic carbocycles. The Labute approximate surface area is 169 Å². The van der Waals surface area contributed by atoms with Crippen LogP contribution in [0.3, 0.4) is 0 Å². The van der Waals surface area contributed by atoms with E-state index in [0.29, 0.717) is 60.0 Å². The first-order valence-electron chi connectivity index (χ1n) is 8.91. The number of hydrogen-bond donors (Lipinski definition) is 1.